The molecule has 0 aliphatic rings. The second-order valence-corrected chi connectivity index (χ2v) is 4.36. The molecular formula is C11H17BrF2N2. The number of halogens is 3. The van der Waals surface area contributed by atoms with Gasteiger partial charge in [-0.25, -0.2) is 8.78 Å². The van der Waals surface area contributed by atoms with Gasteiger partial charge in [0.2, 0.25) is 0 Å². The van der Waals surface area contributed by atoms with Crippen molar-refractivity contribution >= 4 is 15.9 Å². The molecule has 0 heterocycles. The van der Waals surface area contributed by atoms with Gasteiger partial charge < -0.3 is 10.2 Å². The van der Waals surface area contributed by atoms with Crippen LogP contribution in [-0.4, -0.2) is 38.0 Å². The smallest absolute Gasteiger partial charge is 0.259 e. The molecule has 0 spiro atoms. The third-order valence-electron chi connectivity index (χ3n) is 2.11. The van der Waals surface area contributed by atoms with Gasteiger partial charge in [0.15, 0.2) is 0 Å². The number of allylic oxidation sites excluding steroid dienone is 3. The van der Waals surface area contributed by atoms with Crippen molar-refractivity contribution in [3.8, 4) is 0 Å². The number of hydrogen-bond donors (Lipinski definition) is 1. The van der Waals surface area contributed by atoms with Crippen LogP contribution in [0.25, 0.3) is 0 Å². The van der Waals surface area contributed by atoms with Gasteiger partial charge in [0.05, 0.1) is 0 Å². The maximum atomic E-state index is 12.7. The Labute approximate surface area is 104 Å². The number of likely N-dealkylation sites (N-methyl/N-ethyl adjacent to an activating group) is 2. The molecule has 0 bridgehead atoms. The van der Waals surface area contributed by atoms with E-state index in [1.165, 1.54) is 4.90 Å². The molecule has 1 unspecified atom stereocenters. The van der Waals surface area contributed by atoms with Crippen molar-refractivity contribution in [1.29, 1.82) is 0 Å². The third kappa shape index (κ3) is 5.42. The highest BCUT2D eigenvalue weighted by Gasteiger charge is 2.24. The minimum Gasteiger partial charge on any atom is -0.365 e. The Morgan fingerprint density at radius 3 is 2.38 bits per heavy atom. The lowest BCUT2D eigenvalue weighted by atomic mass is 10.2. The zero-order valence-corrected chi connectivity index (χ0v) is 11.1. The molecule has 0 aliphatic heterocycles. The molecule has 0 saturated heterocycles. The Balaban J connectivity index is 4.54. The van der Waals surface area contributed by atoms with Gasteiger partial charge in [0, 0.05) is 23.8 Å². The highest BCUT2D eigenvalue weighted by atomic mass is 79.9. The van der Waals surface area contributed by atoms with Crippen LogP contribution in [0.2, 0.25) is 0 Å². The van der Waals surface area contributed by atoms with Gasteiger partial charge >= 0.3 is 0 Å². The highest BCUT2D eigenvalue weighted by Crippen LogP contribution is 2.14. The fourth-order valence-electron chi connectivity index (χ4n) is 1.12. The molecule has 1 atom stereocenters. The topological polar surface area (TPSA) is 15.3 Å². The lowest BCUT2D eigenvalue weighted by Gasteiger charge is -2.29. The van der Waals surface area contributed by atoms with Crippen LogP contribution in [0.15, 0.2) is 35.5 Å². The summed E-state index contributed by atoms with van der Waals surface area (Å²) in [5.41, 5.74) is 0.515. The van der Waals surface area contributed by atoms with E-state index in [4.69, 9.17) is 0 Å². The largest absolute Gasteiger partial charge is 0.365 e. The van der Waals surface area contributed by atoms with Gasteiger partial charge in [-0.3, -0.25) is 0 Å². The van der Waals surface area contributed by atoms with Crippen LogP contribution >= 0.6 is 15.9 Å². The average molecular weight is 295 g/mol. The first-order chi connectivity index (χ1) is 7.40. The normalized spacial score (nSPS) is 13.1. The van der Waals surface area contributed by atoms with Crippen LogP contribution in [0.5, 0.6) is 0 Å². The molecule has 0 radical (unpaired) electrons. The molecule has 2 nitrogen and oxygen atoms in total. The molecule has 5 heteroatoms. The van der Waals surface area contributed by atoms with E-state index in [9.17, 15) is 8.78 Å². The van der Waals surface area contributed by atoms with Gasteiger partial charge in [0.25, 0.3) is 6.43 Å². The summed E-state index contributed by atoms with van der Waals surface area (Å²) in [4.78, 5) is 1.45. The van der Waals surface area contributed by atoms with Crippen LogP contribution in [0.3, 0.4) is 0 Å². The fraction of sp³-hybridized carbons (Fsp3) is 0.455. The molecule has 16 heavy (non-hydrogen) atoms. The average Bonchev–Trinajstić information content (AvgIpc) is 2.20. The minimum absolute atomic E-state index is 0.205. The zero-order valence-electron chi connectivity index (χ0n) is 9.51. The summed E-state index contributed by atoms with van der Waals surface area (Å²) in [5.74, 6) is 0. The Morgan fingerprint density at radius 2 is 2.00 bits per heavy atom. The van der Waals surface area contributed by atoms with Crippen molar-refractivity contribution in [3.05, 3.63) is 35.5 Å². The zero-order chi connectivity index (χ0) is 12.7. The predicted molar refractivity (Wildman–Crippen MR) is 67.8 cm³/mol. The van der Waals surface area contributed by atoms with E-state index in [1.807, 2.05) is 0 Å². The maximum absolute atomic E-state index is 12.7. The summed E-state index contributed by atoms with van der Waals surface area (Å²) in [6.45, 7) is 7.55. The fourth-order valence-corrected chi connectivity index (χ4v) is 1.25. The lowest BCUT2D eigenvalue weighted by Crippen LogP contribution is -2.43. The number of nitrogens with zero attached hydrogens (tertiary/aromatic N) is 1. The monoisotopic (exact) mass is 294 g/mol. The van der Waals surface area contributed by atoms with E-state index in [0.717, 1.165) is 0 Å². The molecule has 0 aromatic heterocycles. The van der Waals surface area contributed by atoms with Gasteiger partial charge in [-0.05, 0) is 19.2 Å². The van der Waals surface area contributed by atoms with E-state index in [2.05, 4.69) is 34.4 Å². The molecule has 92 valence electrons. The van der Waals surface area contributed by atoms with Gasteiger partial charge in [-0.1, -0.05) is 29.1 Å². The Kier molecular flexibility index (Phi) is 7.25. The van der Waals surface area contributed by atoms with Crippen molar-refractivity contribution in [3.63, 3.8) is 0 Å². The van der Waals surface area contributed by atoms with Gasteiger partial charge in [-0.2, -0.15) is 0 Å². The van der Waals surface area contributed by atoms with Crippen LogP contribution in [-0.2, 0) is 0 Å². The molecule has 0 aromatic rings. The van der Waals surface area contributed by atoms with Crippen molar-refractivity contribution in [1.82, 2.24) is 10.2 Å². The summed E-state index contributed by atoms with van der Waals surface area (Å²) >= 11 is 3.15. The summed E-state index contributed by atoms with van der Waals surface area (Å²) < 4.78 is 26.1. The van der Waals surface area contributed by atoms with Crippen LogP contribution in [0.4, 0.5) is 8.78 Å². The molecule has 0 amide bonds. The second kappa shape index (κ2) is 7.57. The van der Waals surface area contributed by atoms with E-state index < -0.39 is 12.5 Å². The maximum Gasteiger partial charge on any atom is 0.259 e. The lowest BCUT2D eigenvalue weighted by molar-refractivity contribution is 0.0552. The van der Waals surface area contributed by atoms with Crippen molar-refractivity contribution < 1.29 is 8.78 Å². The highest BCUT2D eigenvalue weighted by molar-refractivity contribution is 9.11. The summed E-state index contributed by atoms with van der Waals surface area (Å²) in [7, 11) is 3.24. The molecule has 0 saturated carbocycles. The van der Waals surface area contributed by atoms with Crippen molar-refractivity contribution in [2.75, 3.05) is 20.6 Å². The summed E-state index contributed by atoms with van der Waals surface area (Å²) in [6, 6.07) is -0.884. The number of nitrogens with one attached hydrogen (secondary N) is 1. The summed E-state index contributed by atoms with van der Waals surface area (Å²) in [6.07, 6.45) is 0.887. The van der Waals surface area contributed by atoms with Crippen LogP contribution in [0.1, 0.15) is 0 Å². The molecular weight excluding hydrogens is 278 g/mol. The first-order valence-electron chi connectivity index (χ1n) is 4.77. The molecule has 0 aromatic carbocycles. The number of rotatable bonds is 7. The third-order valence-corrected chi connectivity index (χ3v) is 2.38. The molecule has 0 aliphatic carbocycles. The van der Waals surface area contributed by atoms with Crippen molar-refractivity contribution in [2.45, 2.75) is 12.5 Å². The van der Waals surface area contributed by atoms with Crippen LogP contribution < -0.4 is 5.32 Å². The van der Waals surface area contributed by atoms with Crippen molar-refractivity contribution in [2.24, 2.45) is 0 Å². The predicted octanol–water partition coefficient (Wildman–Crippen LogP) is 2.75. The second-order valence-electron chi connectivity index (χ2n) is 3.34. The Hall–Kier alpha value is -0.680. The van der Waals surface area contributed by atoms with E-state index in [-0.39, 0.29) is 6.54 Å². The SMILES string of the molecule is C=C(Br)/C=C\C(=C)N(C)C(CNC)C(F)F. The van der Waals surface area contributed by atoms with E-state index in [1.54, 1.807) is 26.2 Å². The Morgan fingerprint density at radius 1 is 1.44 bits per heavy atom. The molecule has 1 N–H and O–H groups in total. The van der Waals surface area contributed by atoms with E-state index in [0.29, 0.717) is 10.2 Å². The number of hydrogen-bond acceptors (Lipinski definition) is 2. The molecule has 0 rings (SSSR count). The first kappa shape index (κ1) is 15.3. The van der Waals surface area contributed by atoms with Gasteiger partial charge in [0.1, 0.15) is 6.04 Å². The molecule has 0 fully saturated rings. The minimum atomic E-state index is -2.42. The van der Waals surface area contributed by atoms with Gasteiger partial charge in [-0.15, -0.1) is 0 Å². The van der Waals surface area contributed by atoms with Crippen LogP contribution in [0, 0.1) is 0 Å². The standard InChI is InChI=1S/C11H17BrF2N2/c1-8(12)5-6-9(2)16(4)10(7-15-3)11(13)14/h5-6,10-11,15H,1-2,7H2,3-4H3/b6-5-. The number of alkyl halides is 2. The quantitative estimate of drug-likeness (QED) is 0.727. The summed E-state index contributed by atoms with van der Waals surface area (Å²) in [5, 5.41) is 2.74. The van der Waals surface area contributed by atoms with E-state index >= 15 is 0 Å². The Bertz CT molecular complexity index is 277. The first-order valence-corrected chi connectivity index (χ1v) is 5.56.